The normalized spacial score (nSPS) is 20.9. The van der Waals surface area contributed by atoms with Crippen LogP contribution in [0.4, 0.5) is 0 Å². The average Bonchev–Trinajstić information content (AvgIpc) is 2.77. The molecular weight excluding hydrogens is 236 g/mol. The quantitative estimate of drug-likeness (QED) is 0.861. The van der Waals surface area contributed by atoms with Gasteiger partial charge in [0, 0.05) is 19.1 Å². The Morgan fingerprint density at radius 1 is 1.59 bits per heavy atom. The van der Waals surface area contributed by atoms with Crippen LogP contribution in [-0.4, -0.2) is 39.5 Å². The highest BCUT2D eigenvalue weighted by Gasteiger charge is 2.26. The largest absolute Gasteiger partial charge is 0.336 e. The van der Waals surface area contributed by atoms with E-state index in [-0.39, 0.29) is 17.9 Å². The fraction of sp³-hybridized carbons (Fsp3) is 0.727. The number of carbonyl (C=O) groups is 1. The Hall–Kier alpha value is -1.01. The first-order valence-electron chi connectivity index (χ1n) is 5.96. The van der Waals surface area contributed by atoms with Crippen molar-refractivity contribution in [3.05, 3.63) is 10.6 Å². The predicted octanol–water partition coefficient (Wildman–Crippen LogP) is 1.22. The number of piperidine rings is 1. The maximum absolute atomic E-state index is 12.3. The van der Waals surface area contributed by atoms with E-state index >= 15 is 0 Å². The van der Waals surface area contributed by atoms with Crippen LogP contribution >= 0.6 is 11.5 Å². The van der Waals surface area contributed by atoms with Crippen molar-refractivity contribution < 1.29 is 4.79 Å². The third-order valence-corrected chi connectivity index (χ3v) is 3.73. The molecule has 1 atom stereocenters. The minimum absolute atomic E-state index is 0.0406. The van der Waals surface area contributed by atoms with Crippen molar-refractivity contribution in [3.63, 3.8) is 0 Å². The van der Waals surface area contributed by atoms with E-state index in [0.29, 0.717) is 11.4 Å². The van der Waals surface area contributed by atoms with Gasteiger partial charge in [0.15, 0.2) is 0 Å². The summed E-state index contributed by atoms with van der Waals surface area (Å²) in [5.41, 5.74) is 6.70. The lowest BCUT2D eigenvalue weighted by Crippen LogP contribution is -2.45. The van der Waals surface area contributed by atoms with E-state index in [1.807, 2.05) is 18.7 Å². The van der Waals surface area contributed by atoms with Crippen molar-refractivity contribution in [2.75, 3.05) is 13.1 Å². The number of carbonyl (C=O) groups excluding carboxylic acids is 1. The standard InChI is InChI=1S/C11H18N4OS/c1-7(2)9-10(17-14-13-9)11(16)15-5-3-4-8(12)6-15/h7-8H,3-6,12H2,1-2H3/t8-/m1/s1. The maximum Gasteiger partial charge on any atom is 0.267 e. The Morgan fingerprint density at radius 2 is 2.35 bits per heavy atom. The van der Waals surface area contributed by atoms with Crippen LogP contribution in [0.5, 0.6) is 0 Å². The van der Waals surface area contributed by atoms with Gasteiger partial charge in [0.05, 0.1) is 5.69 Å². The average molecular weight is 254 g/mol. The summed E-state index contributed by atoms with van der Waals surface area (Å²) >= 11 is 1.19. The Balaban J connectivity index is 2.16. The van der Waals surface area contributed by atoms with Crippen molar-refractivity contribution in [1.29, 1.82) is 0 Å². The maximum atomic E-state index is 12.3. The van der Waals surface area contributed by atoms with Gasteiger partial charge in [-0.3, -0.25) is 4.79 Å². The number of rotatable bonds is 2. The summed E-state index contributed by atoms with van der Waals surface area (Å²) in [4.78, 5) is 14.8. The first kappa shape index (κ1) is 12.4. The molecule has 1 aromatic rings. The molecule has 0 unspecified atom stereocenters. The van der Waals surface area contributed by atoms with Crippen LogP contribution in [0.3, 0.4) is 0 Å². The zero-order chi connectivity index (χ0) is 12.4. The molecule has 5 nitrogen and oxygen atoms in total. The molecule has 1 amide bonds. The predicted molar refractivity (Wildman–Crippen MR) is 67.1 cm³/mol. The van der Waals surface area contributed by atoms with Crippen molar-refractivity contribution in [3.8, 4) is 0 Å². The van der Waals surface area contributed by atoms with Gasteiger partial charge in [0.1, 0.15) is 4.88 Å². The summed E-state index contributed by atoms with van der Waals surface area (Å²) < 4.78 is 3.89. The van der Waals surface area contributed by atoms with E-state index in [4.69, 9.17) is 5.73 Å². The van der Waals surface area contributed by atoms with Gasteiger partial charge in [-0.1, -0.05) is 18.3 Å². The van der Waals surface area contributed by atoms with Gasteiger partial charge in [-0.2, -0.15) is 0 Å². The number of hydrogen-bond donors (Lipinski definition) is 1. The van der Waals surface area contributed by atoms with Crippen molar-refractivity contribution in [1.82, 2.24) is 14.5 Å². The Bertz CT molecular complexity index is 404. The Labute approximate surface area is 105 Å². The number of hydrogen-bond acceptors (Lipinski definition) is 5. The first-order valence-corrected chi connectivity index (χ1v) is 6.74. The molecule has 1 aromatic heterocycles. The number of amides is 1. The van der Waals surface area contributed by atoms with Crippen molar-refractivity contribution >= 4 is 17.4 Å². The zero-order valence-electron chi connectivity index (χ0n) is 10.2. The zero-order valence-corrected chi connectivity index (χ0v) is 11.0. The molecule has 1 saturated heterocycles. The van der Waals surface area contributed by atoms with Crippen LogP contribution in [0.2, 0.25) is 0 Å². The lowest BCUT2D eigenvalue weighted by molar-refractivity contribution is 0.0712. The third kappa shape index (κ3) is 2.63. The fourth-order valence-electron chi connectivity index (χ4n) is 2.06. The molecule has 2 rings (SSSR count). The van der Waals surface area contributed by atoms with Crippen molar-refractivity contribution in [2.45, 2.75) is 38.6 Å². The molecule has 0 aliphatic carbocycles. The van der Waals surface area contributed by atoms with Crippen LogP contribution in [0.25, 0.3) is 0 Å². The molecule has 1 aliphatic heterocycles. The molecule has 17 heavy (non-hydrogen) atoms. The highest BCUT2D eigenvalue weighted by atomic mass is 32.1. The minimum atomic E-state index is 0.0406. The molecule has 0 bridgehead atoms. The second kappa shape index (κ2) is 5.10. The van der Waals surface area contributed by atoms with Gasteiger partial charge in [-0.15, -0.1) is 5.10 Å². The lowest BCUT2D eigenvalue weighted by atomic mass is 10.1. The van der Waals surface area contributed by atoms with E-state index in [9.17, 15) is 4.79 Å². The van der Waals surface area contributed by atoms with Crippen LogP contribution in [0.15, 0.2) is 0 Å². The highest BCUT2D eigenvalue weighted by Crippen LogP contribution is 2.22. The number of nitrogens with zero attached hydrogens (tertiary/aromatic N) is 3. The van der Waals surface area contributed by atoms with Crippen molar-refractivity contribution in [2.24, 2.45) is 5.73 Å². The summed E-state index contributed by atoms with van der Waals surface area (Å²) in [6.45, 7) is 5.49. The van der Waals surface area contributed by atoms with E-state index in [2.05, 4.69) is 9.59 Å². The van der Waals surface area contributed by atoms with Gasteiger partial charge in [-0.25, -0.2) is 0 Å². The van der Waals surface area contributed by atoms with E-state index in [0.717, 1.165) is 25.1 Å². The molecule has 0 saturated carbocycles. The molecule has 2 N–H and O–H groups in total. The second-order valence-corrected chi connectivity index (χ2v) is 5.55. The number of likely N-dealkylation sites (tertiary alicyclic amines) is 1. The summed E-state index contributed by atoms with van der Waals surface area (Å²) in [5.74, 6) is 0.269. The first-order chi connectivity index (χ1) is 8.09. The monoisotopic (exact) mass is 254 g/mol. The smallest absolute Gasteiger partial charge is 0.267 e. The minimum Gasteiger partial charge on any atom is -0.336 e. The lowest BCUT2D eigenvalue weighted by Gasteiger charge is -2.30. The van der Waals surface area contributed by atoms with E-state index < -0.39 is 0 Å². The number of aromatic nitrogens is 2. The summed E-state index contributed by atoms with van der Waals surface area (Å²) in [6, 6.07) is 0.107. The molecular formula is C11H18N4OS. The molecule has 0 radical (unpaired) electrons. The third-order valence-electron chi connectivity index (χ3n) is 3.00. The Kier molecular flexibility index (Phi) is 3.73. The highest BCUT2D eigenvalue weighted by molar-refractivity contribution is 7.08. The topological polar surface area (TPSA) is 72.1 Å². The molecule has 1 aliphatic rings. The van der Waals surface area contributed by atoms with Gasteiger partial charge in [0.25, 0.3) is 5.91 Å². The van der Waals surface area contributed by atoms with Crippen LogP contribution in [0.1, 0.15) is 48.0 Å². The van der Waals surface area contributed by atoms with Crippen LogP contribution in [-0.2, 0) is 0 Å². The summed E-state index contributed by atoms with van der Waals surface area (Å²) in [5, 5.41) is 4.04. The molecule has 1 fully saturated rings. The van der Waals surface area contributed by atoms with Gasteiger partial charge in [0.2, 0.25) is 0 Å². The number of nitrogens with two attached hydrogens (primary N) is 1. The van der Waals surface area contributed by atoms with Gasteiger partial charge in [-0.05, 0) is 30.3 Å². The molecule has 2 heterocycles. The van der Waals surface area contributed by atoms with Crippen LogP contribution in [0, 0.1) is 0 Å². The molecule has 0 aromatic carbocycles. The van der Waals surface area contributed by atoms with Gasteiger partial charge >= 0.3 is 0 Å². The second-order valence-electron chi connectivity index (χ2n) is 4.80. The molecule has 6 heteroatoms. The molecule has 94 valence electrons. The van der Waals surface area contributed by atoms with Gasteiger partial charge < -0.3 is 10.6 Å². The van der Waals surface area contributed by atoms with E-state index in [1.54, 1.807) is 0 Å². The summed E-state index contributed by atoms with van der Waals surface area (Å²) in [6.07, 6.45) is 1.98. The fourth-order valence-corrected chi connectivity index (χ4v) is 2.85. The SMILES string of the molecule is CC(C)c1nnsc1C(=O)N1CCC[C@@H](N)C1. The molecule has 0 spiro atoms. The van der Waals surface area contributed by atoms with E-state index in [1.165, 1.54) is 11.5 Å². The van der Waals surface area contributed by atoms with Crippen LogP contribution < -0.4 is 5.73 Å². The summed E-state index contributed by atoms with van der Waals surface area (Å²) in [7, 11) is 0. The Morgan fingerprint density at radius 3 is 3.00 bits per heavy atom.